The van der Waals surface area contributed by atoms with Gasteiger partial charge in [-0.1, -0.05) is 0 Å². The lowest BCUT2D eigenvalue weighted by molar-refractivity contribution is -0.131. The van der Waals surface area contributed by atoms with Crippen LogP contribution in [-0.2, 0) is 14.8 Å². The molecule has 32 heavy (non-hydrogen) atoms. The fraction of sp³-hybridized carbons (Fsp3) is 0.429. The Morgan fingerprint density at radius 1 is 1.03 bits per heavy atom. The van der Waals surface area contributed by atoms with Crippen LogP contribution in [0.3, 0.4) is 0 Å². The first-order chi connectivity index (χ1) is 15.3. The second-order valence-electron chi connectivity index (χ2n) is 7.54. The normalized spacial score (nSPS) is 17.0. The average Bonchev–Trinajstić information content (AvgIpc) is 3.10. The number of carbonyl (C=O) groups is 2. The third-order valence-corrected chi connectivity index (χ3v) is 8.21. The van der Waals surface area contributed by atoms with Crippen molar-refractivity contribution in [3.8, 4) is 11.5 Å². The van der Waals surface area contributed by atoms with Crippen molar-refractivity contribution in [3.05, 3.63) is 40.1 Å². The molecule has 1 aromatic heterocycles. The Morgan fingerprint density at radius 2 is 1.75 bits per heavy atom. The number of carbonyl (C=O) groups excluding carboxylic acids is 2. The van der Waals surface area contributed by atoms with E-state index in [1.54, 1.807) is 17.0 Å². The molecule has 3 heterocycles. The second kappa shape index (κ2) is 9.47. The Balaban J connectivity index is 1.33. The summed E-state index contributed by atoms with van der Waals surface area (Å²) in [5.41, 5.74) is 0. The van der Waals surface area contributed by atoms with Crippen molar-refractivity contribution in [3.63, 3.8) is 0 Å². The van der Waals surface area contributed by atoms with Crippen LogP contribution >= 0.6 is 11.3 Å². The van der Waals surface area contributed by atoms with Gasteiger partial charge in [0.25, 0.3) is 5.91 Å². The van der Waals surface area contributed by atoms with Gasteiger partial charge in [-0.3, -0.25) is 9.59 Å². The molecule has 0 radical (unpaired) electrons. The fourth-order valence-corrected chi connectivity index (χ4v) is 5.76. The van der Waals surface area contributed by atoms with Crippen LogP contribution in [0.15, 0.2) is 35.2 Å². The average molecular weight is 480 g/mol. The standard InChI is InChI=1S/C21H25N3O6S2/c1-15-3-6-19(31-15)21(26)22-14-20(25)23-7-9-24(10-8-23)32(27,28)16-4-5-17-18(13-16)30-12-2-11-29-17/h3-6,13H,2,7-12,14H2,1H3,(H,22,26). The van der Waals surface area contributed by atoms with Gasteiger partial charge in [0.1, 0.15) is 0 Å². The number of hydrogen-bond acceptors (Lipinski definition) is 7. The van der Waals surface area contributed by atoms with Gasteiger partial charge in [-0.2, -0.15) is 4.31 Å². The molecule has 0 bridgehead atoms. The summed E-state index contributed by atoms with van der Waals surface area (Å²) in [7, 11) is -3.72. The summed E-state index contributed by atoms with van der Waals surface area (Å²) in [4.78, 5) is 27.9. The van der Waals surface area contributed by atoms with Crippen LogP contribution in [0.5, 0.6) is 11.5 Å². The fourth-order valence-electron chi connectivity index (χ4n) is 3.54. The van der Waals surface area contributed by atoms with Crippen molar-refractivity contribution in [1.82, 2.24) is 14.5 Å². The third kappa shape index (κ3) is 4.89. The van der Waals surface area contributed by atoms with Gasteiger partial charge in [0, 0.05) is 43.5 Å². The Kier molecular flexibility index (Phi) is 6.68. The number of nitrogens with one attached hydrogen (secondary N) is 1. The predicted molar refractivity (Wildman–Crippen MR) is 119 cm³/mol. The van der Waals surface area contributed by atoms with Crippen molar-refractivity contribution in [2.45, 2.75) is 18.2 Å². The Morgan fingerprint density at radius 3 is 2.44 bits per heavy atom. The molecule has 4 rings (SSSR count). The smallest absolute Gasteiger partial charge is 0.261 e. The van der Waals surface area contributed by atoms with Gasteiger partial charge in [0.15, 0.2) is 11.5 Å². The molecule has 2 aliphatic heterocycles. The van der Waals surface area contributed by atoms with Crippen molar-refractivity contribution >= 4 is 33.2 Å². The number of hydrogen-bond donors (Lipinski definition) is 1. The van der Waals surface area contributed by atoms with Gasteiger partial charge < -0.3 is 19.7 Å². The molecule has 1 aromatic carbocycles. The number of ether oxygens (including phenoxy) is 2. The van der Waals surface area contributed by atoms with E-state index in [2.05, 4.69) is 5.32 Å². The molecular formula is C21H25N3O6S2. The molecule has 2 aromatic rings. The highest BCUT2D eigenvalue weighted by molar-refractivity contribution is 7.89. The summed E-state index contributed by atoms with van der Waals surface area (Å²) >= 11 is 1.37. The molecule has 0 unspecified atom stereocenters. The van der Waals surface area contributed by atoms with Crippen LogP contribution in [-0.4, -0.2) is 75.4 Å². The number of piperazine rings is 1. The molecule has 1 saturated heterocycles. The SMILES string of the molecule is Cc1ccc(C(=O)NCC(=O)N2CCN(S(=O)(=O)c3ccc4c(c3)OCCCO4)CC2)s1. The number of amides is 2. The topological polar surface area (TPSA) is 105 Å². The zero-order chi connectivity index (χ0) is 22.7. The first-order valence-electron chi connectivity index (χ1n) is 10.4. The van der Waals surface area contributed by atoms with Crippen LogP contribution < -0.4 is 14.8 Å². The summed E-state index contributed by atoms with van der Waals surface area (Å²) < 4.78 is 38.7. The highest BCUT2D eigenvalue weighted by Crippen LogP contribution is 2.33. The molecule has 0 aliphatic carbocycles. The number of benzene rings is 1. The van der Waals surface area contributed by atoms with E-state index in [1.165, 1.54) is 27.8 Å². The molecule has 1 N–H and O–H groups in total. The Bertz CT molecular complexity index is 1110. The van der Waals surface area contributed by atoms with Crippen LogP contribution in [0.4, 0.5) is 0 Å². The highest BCUT2D eigenvalue weighted by atomic mass is 32.2. The lowest BCUT2D eigenvalue weighted by Gasteiger charge is -2.34. The predicted octanol–water partition coefficient (Wildman–Crippen LogP) is 1.48. The summed E-state index contributed by atoms with van der Waals surface area (Å²) in [6, 6.07) is 8.20. The molecular weight excluding hydrogens is 454 g/mol. The summed E-state index contributed by atoms with van der Waals surface area (Å²) in [5, 5.41) is 2.63. The molecule has 172 valence electrons. The van der Waals surface area contributed by atoms with Gasteiger partial charge >= 0.3 is 0 Å². The molecule has 0 atom stereocenters. The molecule has 2 aliphatic rings. The van der Waals surface area contributed by atoms with E-state index in [0.29, 0.717) is 29.6 Å². The Labute approximate surface area is 191 Å². The third-order valence-electron chi connectivity index (χ3n) is 5.31. The lowest BCUT2D eigenvalue weighted by atomic mass is 10.3. The quantitative estimate of drug-likeness (QED) is 0.697. The number of sulfonamides is 1. The van der Waals surface area contributed by atoms with E-state index in [0.717, 1.165) is 11.3 Å². The van der Waals surface area contributed by atoms with E-state index in [9.17, 15) is 18.0 Å². The monoisotopic (exact) mass is 479 g/mol. The van der Waals surface area contributed by atoms with Crippen molar-refractivity contribution in [2.24, 2.45) is 0 Å². The number of nitrogens with zero attached hydrogens (tertiary/aromatic N) is 2. The van der Waals surface area contributed by atoms with Crippen molar-refractivity contribution in [2.75, 3.05) is 45.9 Å². The molecule has 11 heteroatoms. The molecule has 2 amide bonds. The highest BCUT2D eigenvalue weighted by Gasteiger charge is 2.31. The Hall–Kier alpha value is -2.63. The van der Waals surface area contributed by atoms with Crippen LogP contribution in [0.25, 0.3) is 0 Å². The minimum Gasteiger partial charge on any atom is -0.490 e. The van der Waals surface area contributed by atoms with Crippen LogP contribution in [0.1, 0.15) is 21.0 Å². The van der Waals surface area contributed by atoms with E-state index >= 15 is 0 Å². The van der Waals surface area contributed by atoms with Crippen LogP contribution in [0, 0.1) is 6.92 Å². The van der Waals surface area contributed by atoms with Gasteiger partial charge in [-0.15, -0.1) is 11.3 Å². The van der Waals surface area contributed by atoms with Crippen molar-refractivity contribution < 1.29 is 27.5 Å². The maximum absolute atomic E-state index is 13.1. The molecule has 1 fully saturated rings. The number of fused-ring (bicyclic) bond motifs is 1. The van der Waals surface area contributed by atoms with Gasteiger partial charge in [-0.05, 0) is 31.2 Å². The maximum atomic E-state index is 13.1. The van der Waals surface area contributed by atoms with E-state index < -0.39 is 10.0 Å². The first kappa shape index (κ1) is 22.6. The van der Waals surface area contributed by atoms with E-state index in [4.69, 9.17) is 9.47 Å². The number of aryl methyl sites for hydroxylation is 1. The van der Waals surface area contributed by atoms with Crippen molar-refractivity contribution in [1.29, 1.82) is 0 Å². The summed E-state index contributed by atoms with van der Waals surface area (Å²) in [6.45, 7) is 3.67. The zero-order valence-electron chi connectivity index (χ0n) is 17.7. The second-order valence-corrected chi connectivity index (χ2v) is 10.8. The zero-order valence-corrected chi connectivity index (χ0v) is 19.3. The summed E-state index contributed by atoms with van der Waals surface area (Å²) in [6.07, 6.45) is 0.736. The minimum absolute atomic E-state index is 0.120. The van der Waals surface area contributed by atoms with Gasteiger partial charge in [-0.25, -0.2) is 8.42 Å². The maximum Gasteiger partial charge on any atom is 0.261 e. The number of rotatable bonds is 5. The van der Waals surface area contributed by atoms with Gasteiger partial charge in [0.05, 0.1) is 29.5 Å². The lowest BCUT2D eigenvalue weighted by Crippen LogP contribution is -2.52. The van der Waals surface area contributed by atoms with Gasteiger partial charge in [0.2, 0.25) is 15.9 Å². The number of thiophene rings is 1. The first-order valence-corrected chi connectivity index (χ1v) is 12.6. The minimum atomic E-state index is -3.72. The molecule has 0 spiro atoms. The van der Waals surface area contributed by atoms with Crippen LogP contribution in [0.2, 0.25) is 0 Å². The van der Waals surface area contributed by atoms with E-state index in [1.807, 2.05) is 13.0 Å². The van der Waals surface area contributed by atoms with E-state index in [-0.39, 0.29) is 49.4 Å². The molecule has 0 saturated carbocycles. The summed E-state index contributed by atoms with van der Waals surface area (Å²) in [5.74, 6) is 0.442. The largest absolute Gasteiger partial charge is 0.490 e. The molecule has 9 nitrogen and oxygen atoms in total.